The molecule has 4 fully saturated rings. The van der Waals surface area contributed by atoms with E-state index in [-0.39, 0.29) is 18.0 Å². The van der Waals surface area contributed by atoms with E-state index in [2.05, 4.69) is 51.7 Å². The van der Waals surface area contributed by atoms with Gasteiger partial charge in [-0.15, -0.1) is 0 Å². The Kier molecular flexibility index (Phi) is 11.2. The zero-order valence-electron chi connectivity index (χ0n) is 33.1. The quantitative estimate of drug-likeness (QED) is 0.166. The maximum atomic E-state index is 12.2. The Morgan fingerprint density at radius 2 is 1.43 bits per heavy atom. The summed E-state index contributed by atoms with van der Waals surface area (Å²) in [6, 6.07) is 25.8. The van der Waals surface area contributed by atoms with E-state index in [0.717, 1.165) is 111 Å². The van der Waals surface area contributed by atoms with E-state index in [1.807, 2.05) is 66.7 Å². The van der Waals surface area contributed by atoms with Crippen LogP contribution in [0.5, 0.6) is 11.5 Å². The van der Waals surface area contributed by atoms with Gasteiger partial charge in [0.05, 0.1) is 11.4 Å². The number of carbonyl (C=O) groups is 2. The van der Waals surface area contributed by atoms with Crippen LogP contribution in [0.1, 0.15) is 38.1 Å². The number of benzene rings is 3. The number of piperidine rings is 1. The number of carbonyl (C=O) groups excluding carboxylic acids is 2. The number of rotatable bonds is 12. The Morgan fingerprint density at radius 3 is 2.19 bits per heavy atom. The van der Waals surface area contributed by atoms with Crippen molar-refractivity contribution in [1.29, 1.82) is 0 Å². The molecular weight excluding hydrogens is 731 g/mol. The summed E-state index contributed by atoms with van der Waals surface area (Å²) in [5.74, 6) is 2.53. The van der Waals surface area contributed by atoms with Crippen LogP contribution in [0, 0.1) is 5.92 Å². The Hall–Kier alpha value is -5.57. The highest BCUT2D eigenvalue weighted by molar-refractivity contribution is 6.05. The van der Waals surface area contributed by atoms with Crippen molar-refractivity contribution in [2.45, 2.75) is 38.1 Å². The molecule has 0 bridgehead atoms. The number of urea groups is 1. The minimum atomic E-state index is -0.341. The lowest BCUT2D eigenvalue weighted by molar-refractivity contribution is -0.120. The number of hydrogen-bond acceptors (Lipinski definition) is 11. The predicted molar refractivity (Wildman–Crippen MR) is 226 cm³/mol. The molecule has 3 N–H and O–H groups in total. The number of likely N-dealkylation sites (tertiary alicyclic amines) is 2. The summed E-state index contributed by atoms with van der Waals surface area (Å²) >= 11 is 0. The fourth-order valence-electron chi connectivity index (χ4n) is 9.14. The Bertz CT molecular complexity index is 2180. The molecule has 4 saturated heterocycles. The van der Waals surface area contributed by atoms with Crippen LogP contribution < -0.4 is 25.6 Å². The number of nitrogen functional groups attached to an aromatic ring is 1. The number of fused-ring (bicyclic) bond motifs is 1. The fourth-order valence-corrected chi connectivity index (χ4v) is 9.14. The van der Waals surface area contributed by atoms with Gasteiger partial charge in [-0.1, -0.05) is 18.2 Å². The number of para-hydroxylation sites is 1. The molecule has 9 rings (SSSR count). The van der Waals surface area contributed by atoms with E-state index >= 15 is 0 Å². The lowest BCUT2D eigenvalue weighted by Gasteiger charge is -2.37. The monoisotopic (exact) mass is 783 g/mol. The third-order valence-electron chi connectivity index (χ3n) is 12.3. The standard InChI is InChI=1S/C44H53N11O3/c45-42-40-41(33-7-13-38(14-8-33)58-37-5-2-1-3-6-37)49-55(43(40)47-31-46-42)36-16-22-50(23-17-36)19-4-20-51-21-15-32(29-51)30-52-25-27-53(28-26-52)34-9-11-35(12-10-34)54-24-18-39(56)48-44(54)57/h1-3,5-14,31-32,36H,4,15-30H2,(H2,45,46,47)(H,48,56,57). The van der Waals surface area contributed by atoms with Crippen molar-refractivity contribution in [3.63, 3.8) is 0 Å². The molecule has 14 heteroatoms. The Morgan fingerprint density at radius 1 is 0.724 bits per heavy atom. The van der Waals surface area contributed by atoms with Gasteiger partial charge < -0.3 is 25.2 Å². The highest BCUT2D eigenvalue weighted by Gasteiger charge is 2.29. The minimum Gasteiger partial charge on any atom is -0.457 e. The number of nitrogens with two attached hydrogens (primary N) is 1. The average Bonchev–Trinajstić information content (AvgIpc) is 3.87. The zero-order valence-corrected chi connectivity index (χ0v) is 33.1. The first kappa shape index (κ1) is 38.0. The van der Waals surface area contributed by atoms with Gasteiger partial charge in [0.15, 0.2) is 5.65 Å². The van der Waals surface area contributed by atoms with Crippen molar-refractivity contribution < 1.29 is 14.3 Å². The van der Waals surface area contributed by atoms with Crippen molar-refractivity contribution in [2.24, 2.45) is 5.92 Å². The third kappa shape index (κ3) is 8.50. The van der Waals surface area contributed by atoms with Gasteiger partial charge >= 0.3 is 6.03 Å². The van der Waals surface area contributed by atoms with Crippen LogP contribution in [-0.4, -0.2) is 125 Å². The maximum Gasteiger partial charge on any atom is 0.328 e. The van der Waals surface area contributed by atoms with Crippen molar-refractivity contribution in [3.8, 4) is 22.8 Å². The summed E-state index contributed by atoms with van der Waals surface area (Å²) in [6.07, 6.45) is 6.40. The highest BCUT2D eigenvalue weighted by Crippen LogP contribution is 2.35. The molecule has 3 amide bonds. The van der Waals surface area contributed by atoms with E-state index in [1.54, 1.807) is 11.2 Å². The third-order valence-corrected chi connectivity index (χ3v) is 12.3. The first-order valence-electron chi connectivity index (χ1n) is 20.9. The average molecular weight is 784 g/mol. The molecule has 1 unspecified atom stereocenters. The molecule has 4 aliphatic rings. The van der Waals surface area contributed by atoms with Crippen LogP contribution in [0.3, 0.4) is 0 Å². The normalized spacial score (nSPS) is 20.2. The summed E-state index contributed by atoms with van der Waals surface area (Å²) in [5, 5.41) is 8.34. The van der Waals surface area contributed by atoms with Crippen molar-refractivity contribution >= 4 is 40.2 Å². The molecule has 58 heavy (non-hydrogen) atoms. The molecule has 6 heterocycles. The van der Waals surface area contributed by atoms with Gasteiger partial charge in [-0.05, 0) is 112 Å². The van der Waals surface area contributed by atoms with E-state index in [1.165, 1.54) is 38.2 Å². The molecule has 0 radical (unpaired) electrons. The van der Waals surface area contributed by atoms with Gasteiger partial charge in [0.1, 0.15) is 29.3 Å². The maximum absolute atomic E-state index is 12.2. The molecule has 0 spiro atoms. The number of ether oxygens (including phenoxy) is 1. The van der Waals surface area contributed by atoms with Crippen molar-refractivity contribution in [2.75, 3.05) is 94.1 Å². The lowest BCUT2D eigenvalue weighted by atomic mass is 10.0. The highest BCUT2D eigenvalue weighted by atomic mass is 16.5. The Balaban J connectivity index is 0.706. The van der Waals surface area contributed by atoms with Gasteiger partial charge in [0.25, 0.3) is 0 Å². The van der Waals surface area contributed by atoms with Crippen LogP contribution in [0.4, 0.5) is 22.0 Å². The zero-order chi connectivity index (χ0) is 39.4. The van der Waals surface area contributed by atoms with Crippen LogP contribution in [0.15, 0.2) is 85.2 Å². The number of aromatic nitrogens is 4. The molecule has 3 aromatic carbocycles. The summed E-state index contributed by atoms with van der Waals surface area (Å²) in [6.45, 7) is 12.5. The number of hydrogen-bond donors (Lipinski definition) is 2. The smallest absolute Gasteiger partial charge is 0.328 e. The second-order valence-corrected chi connectivity index (χ2v) is 16.1. The SMILES string of the molecule is Nc1ncnc2c1c(-c1ccc(Oc3ccccc3)cc1)nn2C1CCN(CCCN2CCC(CN3CCN(c4ccc(N5CCC(=O)NC5=O)cc4)CC3)C2)CC1. The van der Waals surface area contributed by atoms with Gasteiger partial charge in [-0.2, -0.15) is 5.10 Å². The van der Waals surface area contributed by atoms with E-state index in [9.17, 15) is 9.59 Å². The van der Waals surface area contributed by atoms with Crippen molar-refractivity contribution in [3.05, 3.63) is 85.2 Å². The van der Waals surface area contributed by atoms with Gasteiger partial charge in [0, 0.05) is 82.3 Å². The van der Waals surface area contributed by atoms with Gasteiger partial charge in [-0.3, -0.25) is 19.9 Å². The molecule has 5 aromatic rings. The summed E-state index contributed by atoms with van der Waals surface area (Å²) < 4.78 is 8.11. The molecule has 1 atom stereocenters. The molecule has 4 aliphatic heterocycles. The fraction of sp³-hybridized carbons (Fsp3) is 0.432. The first-order chi connectivity index (χ1) is 28.4. The van der Waals surface area contributed by atoms with E-state index in [4.69, 9.17) is 15.6 Å². The van der Waals surface area contributed by atoms with Gasteiger partial charge in [0.2, 0.25) is 5.91 Å². The van der Waals surface area contributed by atoms with E-state index < -0.39 is 0 Å². The number of anilines is 3. The number of imide groups is 1. The Labute approximate surface area is 339 Å². The first-order valence-corrected chi connectivity index (χ1v) is 20.9. The van der Waals surface area contributed by atoms with Crippen LogP contribution in [0.25, 0.3) is 22.3 Å². The second-order valence-electron chi connectivity index (χ2n) is 16.1. The predicted octanol–water partition coefficient (Wildman–Crippen LogP) is 5.49. The molecule has 0 saturated carbocycles. The van der Waals surface area contributed by atoms with Crippen LogP contribution in [0.2, 0.25) is 0 Å². The topological polar surface area (TPSA) is 141 Å². The minimum absolute atomic E-state index is 0.210. The van der Waals surface area contributed by atoms with Gasteiger partial charge in [-0.25, -0.2) is 19.4 Å². The summed E-state index contributed by atoms with van der Waals surface area (Å²) in [4.78, 5) is 44.7. The molecule has 14 nitrogen and oxygen atoms in total. The summed E-state index contributed by atoms with van der Waals surface area (Å²) in [7, 11) is 0. The number of amides is 3. The molecule has 2 aromatic heterocycles. The lowest BCUT2D eigenvalue weighted by Crippen LogP contribution is -2.49. The molecule has 0 aliphatic carbocycles. The number of nitrogens with one attached hydrogen (secondary N) is 1. The number of piperazine rings is 1. The largest absolute Gasteiger partial charge is 0.457 e. The van der Waals surface area contributed by atoms with E-state index in [0.29, 0.717) is 18.8 Å². The van der Waals surface area contributed by atoms with Crippen molar-refractivity contribution in [1.82, 2.24) is 39.8 Å². The molecule has 302 valence electrons. The number of nitrogens with zero attached hydrogens (tertiary/aromatic N) is 9. The summed E-state index contributed by atoms with van der Waals surface area (Å²) in [5.41, 5.74) is 11.0. The van der Waals surface area contributed by atoms with Crippen LogP contribution >= 0.6 is 0 Å². The second kappa shape index (κ2) is 17.1. The van der Waals surface area contributed by atoms with Crippen LogP contribution in [-0.2, 0) is 4.79 Å². The molecular formula is C44H53N11O3.